The first kappa shape index (κ1) is 13.9. The lowest BCUT2D eigenvalue weighted by Crippen LogP contribution is -2.09. The van der Waals surface area contributed by atoms with Gasteiger partial charge in [-0.2, -0.15) is 10.2 Å². The molecule has 1 N–H and O–H groups in total. The number of aromatic nitrogens is 3. The smallest absolute Gasteiger partial charge is 0.266 e. The molecule has 2 rings (SSSR count). The highest BCUT2D eigenvalue weighted by atomic mass is 19.1. The average molecular weight is 278 g/mol. The van der Waals surface area contributed by atoms with Crippen LogP contribution in [0.4, 0.5) is 8.78 Å². The summed E-state index contributed by atoms with van der Waals surface area (Å²) in [5.41, 5.74) is -0.581. The van der Waals surface area contributed by atoms with E-state index in [4.69, 9.17) is 5.26 Å². The van der Waals surface area contributed by atoms with Gasteiger partial charge < -0.3 is 0 Å². The number of aryl methyl sites for hydroxylation is 1. The third-order valence-electron chi connectivity index (χ3n) is 2.87. The number of H-pyrrole nitrogens is 1. The number of nitrogens with one attached hydrogen (secondary N) is 1. The molecule has 7 heteroatoms. The van der Waals surface area contributed by atoms with Crippen LogP contribution in [0.15, 0.2) is 23.0 Å². The number of nitriles is 1. The quantitative estimate of drug-likeness (QED) is 0.930. The number of aromatic amines is 1. The van der Waals surface area contributed by atoms with Gasteiger partial charge in [0.05, 0.1) is 11.6 Å². The lowest BCUT2D eigenvalue weighted by atomic mass is 10.1. The zero-order valence-electron chi connectivity index (χ0n) is 10.7. The maximum atomic E-state index is 13.7. The molecule has 0 amide bonds. The van der Waals surface area contributed by atoms with Crippen molar-refractivity contribution in [2.75, 3.05) is 0 Å². The Morgan fingerprint density at radius 2 is 2.25 bits per heavy atom. The van der Waals surface area contributed by atoms with Gasteiger partial charge in [0.25, 0.3) is 0 Å². The molecule has 20 heavy (non-hydrogen) atoms. The fourth-order valence-electron chi connectivity index (χ4n) is 1.78. The molecule has 1 heterocycles. The molecule has 5 nitrogen and oxygen atoms in total. The fraction of sp³-hybridized carbons (Fsp3) is 0.308. The predicted octanol–water partition coefficient (Wildman–Crippen LogP) is 2.07. The van der Waals surface area contributed by atoms with Crippen molar-refractivity contribution in [3.05, 3.63) is 40.3 Å². The molecule has 1 atom stereocenters. The van der Waals surface area contributed by atoms with Gasteiger partial charge in [-0.15, -0.1) is 0 Å². The first-order valence-corrected chi connectivity index (χ1v) is 6.03. The molecular weight excluding hydrogens is 266 g/mol. The van der Waals surface area contributed by atoms with Crippen molar-refractivity contribution in [2.24, 2.45) is 5.92 Å². The van der Waals surface area contributed by atoms with E-state index in [2.05, 4.69) is 16.2 Å². The van der Waals surface area contributed by atoms with Gasteiger partial charge in [-0.1, -0.05) is 0 Å². The molecule has 0 spiro atoms. The molecule has 0 saturated carbocycles. The summed E-state index contributed by atoms with van der Waals surface area (Å²) in [6.45, 7) is 2.06. The highest BCUT2D eigenvalue weighted by Gasteiger charge is 2.14. The Labute approximate surface area is 113 Å². The van der Waals surface area contributed by atoms with Crippen LogP contribution in [0.25, 0.3) is 11.4 Å². The Balaban J connectivity index is 2.37. The Bertz CT molecular complexity index is 714. The normalized spacial score (nSPS) is 12.1. The van der Waals surface area contributed by atoms with E-state index in [0.29, 0.717) is 13.0 Å². The molecule has 0 bridgehead atoms. The molecule has 2 aromatic rings. The van der Waals surface area contributed by atoms with Crippen molar-refractivity contribution in [3.8, 4) is 17.5 Å². The van der Waals surface area contributed by atoms with Gasteiger partial charge in [-0.3, -0.25) is 4.68 Å². The summed E-state index contributed by atoms with van der Waals surface area (Å²) in [5, 5.41) is 11.2. The van der Waals surface area contributed by atoms with E-state index in [1.165, 1.54) is 10.7 Å². The van der Waals surface area contributed by atoms with Gasteiger partial charge in [0.1, 0.15) is 11.6 Å². The SMILES string of the molecule is C[C@@H](C#N)CCn1[nH]c(=O)nc1-c1ccc(F)cc1F. The minimum atomic E-state index is -0.793. The van der Waals surface area contributed by atoms with E-state index in [-0.39, 0.29) is 17.3 Å². The second-order valence-electron chi connectivity index (χ2n) is 4.45. The zero-order chi connectivity index (χ0) is 14.7. The predicted molar refractivity (Wildman–Crippen MR) is 67.6 cm³/mol. The zero-order valence-corrected chi connectivity index (χ0v) is 10.7. The van der Waals surface area contributed by atoms with Crippen LogP contribution in [0.1, 0.15) is 13.3 Å². The van der Waals surface area contributed by atoms with Crippen molar-refractivity contribution >= 4 is 0 Å². The van der Waals surface area contributed by atoms with Crippen LogP contribution in [0.3, 0.4) is 0 Å². The Morgan fingerprint density at radius 3 is 2.90 bits per heavy atom. The molecule has 104 valence electrons. The number of benzene rings is 1. The Kier molecular flexibility index (Phi) is 3.94. The minimum Gasteiger partial charge on any atom is -0.266 e. The van der Waals surface area contributed by atoms with Crippen LogP contribution < -0.4 is 5.69 Å². The van der Waals surface area contributed by atoms with E-state index in [1.54, 1.807) is 6.92 Å². The topological polar surface area (TPSA) is 74.5 Å². The van der Waals surface area contributed by atoms with Crippen LogP contribution in [-0.2, 0) is 6.54 Å². The highest BCUT2D eigenvalue weighted by Crippen LogP contribution is 2.21. The number of halogens is 2. The van der Waals surface area contributed by atoms with Crippen LogP contribution in [0.2, 0.25) is 0 Å². The summed E-state index contributed by atoms with van der Waals surface area (Å²) >= 11 is 0. The van der Waals surface area contributed by atoms with Crippen LogP contribution in [0.5, 0.6) is 0 Å². The van der Waals surface area contributed by atoms with Gasteiger partial charge in [0, 0.05) is 18.5 Å². The van der Waals surface area contributed by atoms with Gasteiger partial charge >= 0.3 is 5.69 Å². The third-order valence-corrected chi connectivity index (χ3v) is 2.87. The monoisotopic (exact) mass is 278 g/mol. The lowest BCUT2D eigenvalue weighted by Gasteiger charge is -2.08. The van der Waals surface area contributed by atoms with Gasteiger partial charge in [-0.05, 0) is 25.5 Å². The summed E-state index contributed by atoms with van der Waals surface area (Å²) in [4.78, 5) is 15.0. The van der Waals surface area contributed by atoms with E-state index < -0.39 is 17.3 Å². The molecular formula is C13H12F2N4O. The molecule has 0 saturated heterocycles. The number of nitrogens with zero attached hydrogens (tertiary/aromatic N) is 3. The van der Waals surface area contributed by atoms with E-state index >= 15 is 0 Å². The van der Waals surface area contributed by atoms with Gasteiger partial charge in [0.15, 0.2) is 5.82 Å². The van der Waals surface area contributed by atoms with Crippen molar-refractivity contribution in [3.63, 3.8) is 0 Å². The van der Waals surface area contributed by atoms with Gasteiger partial charge in [0.2, 0.25) is 0 Å². The highest BCUT2D eigenvalue weighted by molar-refractivity contribution is 5.55. The fourth-order valence-corrected chi connectivity index (χ4v) is 1.78. The molecule has 0 radical (unpaired) electrons. The van der Waals surface area contributed by atoms with E-state index in [9.17, 15) is 13.6 Å². The van der Waals surface area contributed by atoms with Crippen LogP contribution in [0, 0.1) is 28.9 Å². The molecule has 0 fully saturated rings. The lowest BCUT2D eigenvalue weighted by molar-refractivity contribution is 0.521. The molecule has 1 aromatic carbocycles. The van der Waals surface area contributed by atoms with Crippen molar-refractivity contribution in [1.29, 1.82) is 5.26 Å². The molecule has 1 aromatic heterocycles. The van der Waals surface area contributed by atoms with Crippen LogP contribution in [-0.4, -0.2) is 14.8 Å². The molecule has 0 aliphatic carbocycles. The largest absolute Gasteiger partial charge is 0.361 e. The average Bonchev–Trinajstić information content (AvgIpc) is 2.77. The summed E-state index contributed by atoms with van der Waals surface area (Å²) in [5.74, 6) is -1.60. The summed E-state index contributed by atoms with van der Waals surface area (Å²) in [6, 6.07) is 5.13. The minimum absolute atomic E-state index is 0.0364. The Hall–Kier alpha value is -2.49. The van der Waals surface area contributed by atoms with Crippen molar-refractivity contribution in [1.82, 2.24) is 14.8 Å². The van der Waals surface area contributed by atoms with E-state index in [0.717, 1.165) is 12.1 Å². The molecule has 0 aliphatic heterocycles. The van der Waals surface area contributed by atoms with Crippen molar-refractivity contribution in [2.45, 2.75) is 19.9 Å². The number of hydrogen-bond donors (Lipinski definition) is 1. The van der Waals surface area contributed by atoms with Gasteiger partial charge in [-0.25, -0.2) is 18.7 Å². The van der Waals surface area contributed by atoms with Crippen molar-refractivity contribution < 1.29 is 8.78 Å². The molecule has 0 unspecified atom stereocenters. The maximum absolute atomic E-state index is 13.7. The summed E-state index contributed by atoms with van der Waals surface area (Å²) < 4.78 is 28.0. The second-order valence-corrected chi connectivity index (χ2v) is 4.45. The first-order valence-electron chi connectivity index (χ1n) is 6.03. The molecule has 0 aliphatic rings. The summed E-state index contributed by atoms with van der Waals surface area (Å²) in [7, 11) is 0. The maximum Gasteiger partial charge on any atom is 0.361 e. The third kappa shape index (κ3) is 2.91. The second kappa shape index (κ2) is 5.65. The Morgan fingerprint density at radius 1 is 1.50 bits per heavy atom. The summed E-state index contributed by atoms with van der Waals surface area (Å²) in [6.07, 6.45) is 0.485. The van der Waals surface area contributed by atoms with E-state index in [1.807, 2.05) is 0 Å². The first-order chi connectivity index (χ1) is 9.51. The van der Waals surface area contributed by atoms with Crippen LogP contribution >= 0.6 is 0 Å². The number of hydrogen-bond acceptors (Lipinski definition) is 3. The number of rotatable bonds is 4. The standard InChI is InChI=1S/C13H12F2N4O/c1-8(7-16)4-5-19-12(17-13(20)18-19)10-3-2-9(14)6-11(10)15/h2-3,6,8H,4-5H2,1H3,(H,18,20)/t8-/m1/s1.